The van der Waals surface area contributed by atoms with Crippen molar-refractivity contribution in [3.8, 4) is 0 Å². The van der Waals surface area contributed by atoms with Gasteiger partial charge in [0.05, 0.1) is 0 Å². The summed E-state index contributed by atoms with van der Waals surface area (Å²) in [6.45, 7) is 4.13. The van der Waals surface area contributed by atoms with Gasteiger partial charge in [-0.25, -0.2) is 0 Å². The maximum absolute atomic E-state index is 6.01. The van der Waals surface area contributed by atoms with Crippen molar-refractivity contribution in [2.45, 2.75) is 25.7 Å². The molecule has 1 aromatic heterocycles. The molecule has 1 saturated heterocycles. The summed E-state index contributed by atoms with van der Waals surface area (Å²) in [6.07, 6.45) is 8.38. The van der Waals surface area contributed by atoms with Crippen LogP contribution in [0, 0.1) is 0 Å². The standard InChI is InChI=1S/C14H20ClN3O.ClH/c15-14(13-6-4-7-16-12-13)17-19-11-5-10-18-8-2-1-3-9-18;/h4,6-7,12H,1-3,5,8-11H2;1H. The Morgan fingerprint density at radius 2 is 2.15 bits per heavy atom. The summed E-state index contributed by atoms with van der Waals surface area (Å²) >= 11 is 6.01. The van der Waals surface area contributed by atoms with Crippen LogP contribution < -0.4 is 0 Å². The average molecular weight is 318 g/mol. The second kappa shape index (κ2) is 9.97. The Balaban J connectivity index is 0.00000200. The molecule has 0 aromatic carbocycles. The van der Waals surface area contributed by atoms with E-state index in [4.69, 9.17) is 16.4 Å². The molecule has 6 heteroatoms. The Kier molecular flexibility index (Phi) is 8.58. The first-order valence-corrected chi connectivity index (χ1v) is 7.22. The van der Waals surface area contributed by atoms with E-state index in [1.165, 1.54) is 32.4 Å². The summed E-state index contributed by atoms with van der Waals surface area (Å²) in [6, 6.07) is 3.68. The third kappa shape index (κ3) is 6.07. The van der Waals surface area contributed by atoms with Crippen LogP contribution in [-0.4, -0.2) is 41.3 Å². The minimum Gasteiger partial charge on any atom is -0.395 e. The molecule has 0 bridgehead atoms. The van der Waals surface area contributed by atoms with Gasteiger partial charge < -0.3 is 9.74 Å². The normalized spacial score (nSPS) is 16.6. The molecule has 0 saturated carbocycles. The van der Waals surface area contributed by atoms with E-state index < -0.39 is 0 Å². The van der Waals surface area contributed by atoms with E-state index in [0.717, 1.165) is 18.5 Å². The fourth-order valence-electron chi connectivity index (χ4n) is 2.18. The van der Waals surface area contributed by atoms with Gasteiger partial charge in [0.15, 0.2) is 5.17 Å². The minimum atomic E-state index is 0. The van der Waals surface area contributed by atoms with Crippen LogP contribution >= 0.6 is 24.0 Å². The van der Waals surface area contributed by atoms with Crippen molar-refractivity contribution in [2.24, 2.45) is 5.16 Å². The molecule has 112 valence electrons. The van der Waals surface area contributed by atoms with Crippen molar-refractivity contribution < 1.29 is 4.84 Å². The van der Waals surface area contributed by atoms with E-state index in [1.807, 2.05) is 12.1 Å². The number of hydrogen-bond acceptors (Lipinski definition) is 4. The molecule has 1 fully saturated rings. The van der Waals surface area contributed by atoms with E-state index in [9.17, 15) is 0 Å². The Bertz CT molecular complexity index is 395. The molecule has 1 aromatic rings. The highest BCUT2D eigenvalue weighted by atomic mass is 35.5. The summed E-state index contributed by atoms with van der Waals surface area (Å²) < 4.78 is 0. The van der Waals surface area contributed by atoms with Crippen LogP contribution in [0.25, 0.3) is 0 Å². The van der Waals surface area contributed by atoms with Gasteiger partial charge in [0.2, 0.25) is 0 Å². The lowest BCUT2D eigenvalue weighted by molar-refractivity contribution is 0.125. The first kappa shape index (κ1) is 17.2. The zero-order chi connectivity index (χ0) is 13.3. The summed E-state index contributed by atoms with van der Waals surface area (Å²) in [5.41, 5.74) is 0.778. The van der Waals surface area contributed by atoms with Gasteiger partial charge in [-0.05, 0) is 44.5 Å². The van der Waals surface area contributed by atoms with Gasteiger partial charge in [-0.1, -0.05) is 23.2 Å². The molecule has 0 radical (unpaired) electrons. The number of rotatable bonds is 6. The van der Waals surface area contributed by atoms with E-state index in [-0.39, 0.29) is 12.4 Å². The Hall–Kier alpha value is -0.840. The number of hydrogen-bond donors (Lipinski definition) is 0. The molecule has 4 nitrogen and oxygen atoms in total. The molecule has 2 rings (SSSR count). The topological polar surface area (TPSA) is 37.7 Å². The van der Waals surface area contributed by atoms with E-state index in [2.05, 4.69) is 15.0 Å². The number of aromatic nitrogens is 1. The number of likely N-dealkylation sites (tertiary alicyclic amines) is 1. The minimum absolute atomic E-state index is 0. The van der Waals surface area contributed by atoms with Crippen molar-refractivity contribution in [1.29, 1.82) is 0 Å². The van der Waals surface area contributed by atoms with Crippen molar-refractivity contribution in [3.63, 3.8) is 0 Å². The van der Waals surface area contributed by atoms with Gasteiger partial charge in [-0.2, -0.15) is 0 Å². The first-order valence-electron chi connectivity index (χ1n) is 6.84. The van der Waals surface area contributed by atoms with Crippen LogP contribution in [0.1, 0.15) is 31.2 Å². The second-order valence-corrected chi connectivity index (χ2v) is 5.07. The number of pyridine rings is 1. The summed E-state index contributed by atoms with van der Waals surface area (Å²) in [7, 11) is 0. The van der Waals surface area contributed by atoms with Gasteiger partial charge in [0.25, 0.3) is 0 Å². The van der Waals surface area contributed by atoms with Crippen LogP contribution in [0.2, 0.25) is 0 Å². The largest absolute Gasteiger partial charge is 0.395 e. The Labute approximate surface area is 131 Å². The van der Waals surface area contributed by atoms with E-state index in [0.29, 0.717) is 11.8 Å². The SMILES string of the molecule is Cl.ClC(=NOCCCN1CCCCC1)c1cccnc1. The molecule has 0 aliphatic carbocycles. The number of oxime groups is 1. The molecule has 1 aliphatic rings. The fourth-order valence-corrected chi connectivity index (χ4v) is 2.34. The smallest absolute Gasteiger partial charge is 0.177 e. The molecule has 0 amide bonds. The maximum Gasteiger partial charge on any atom is 0.177 e. The van der Waals surface area contributed by atoms with Crippen LogP contribution in [0.15, 0.2) is 29.7 Å². The zero-order valence-electron chi connectivity index (χ0n) is 11.5. The maximum atomic E-state index is 6.01. The molecule has 0 unspecified atom stereocenters. The molecule has 2 heterocycles. The molecule has 0 atom stereocenters. The molecule has 1 aliphatic heterocycles. The van der Waals surface area contributed by atoms with Crippen molar-refractivity contribution in [2.75, 3.05) is 26.2 Å². The lowest BCUT2D eigenvalue weighted by atomic mass is 10.1. The molecule has 0 N–H and O–H groups in total. The first-order chi connectivity index (χ1) is 9.36. The number of nitrogens with zero attached hydrogens (tertiary/aromatic N) is 3. The Morgan fingerprint density at radius 1 is 1.35 bits per heavy atom. The summed E-state index contributed by atoms with van der Waals surface area (Å²) in [5, 5.41) is 4.25. The van der Waals surface area contributed by atoms with E-state index >= 15 is 0 Å². The zero-order valence-corrected chi connectivity index (χ0v) is 13.1. The van der Waals surface area contributed by atoms with Crippen molar-refractivity contribution in [3.05, 3.63) is 30.1 Å². The summed E-state index contributed by atoms with van der Waals surface area (Å²) in [5.74, 6) is 0. The van der Waals surface area contributed by atoms with Gasteiger partial charge in [-0.15, -0.1) is 12.4 Å². The van der Waals surface area contributed by atoms with Crippen LogP contribution in [0.4, 0.5) is 0 Å². The molecule has 20 heavy (non-hydrogen) atoms. The lowest BCUT2D eigenvalue weighted by Crippen LogP contribution is -2.31. The average Bonchev–Trinajstić information content (AvgIpc) is 2.49. The number of halogens is 2. The lowest BCUT2D eigenvalue weighted by Gasteiger charge is -2.25. The third-order valence-corrected chi connectivity index (χ3v) is 3.49. The molecule has 0 spiro atoms. The van der Waals surface area contributed by atoms with E-state index in [1.54, 1.807) is 12.4 Å². The highest BCUT2D eigenvalue weighted by Gasteiger charge is 2.08. The van der Waals surface area contributed by atoms with Gasteiger partial charge in [-0.3, -0.25) is 4.98 Å². The fraction of sp³-hybridized carbons (Fsp3) is 0.571. The predicted octanol–water partition coefficient (Wildman–Crippen LogP) is 3.30. The van der Waals surface area contributed by atoms with Crippen LogP contribution in [0.5, 0.6) is 0 Å². The van der Waals surface area contributed by atoms with Crippen molar-refractivity contribution in [1.82, 2.24) is 9.88 Å². The summed E-state index contributed by atoms with van der Waals surface area (Å²) in [4.78, 5) is 11.7. The van der Waals surface area contributed by atoms with Crippen LogP contribution in [-0.2, 0) is 4.84 Å². The van der Waals surface area contributed by atoms with Crippen molar-refractivity contribution >= 4 is 29.2 Å². The predicted molar refractivity (Wildman–Crippen MR) is 84.7 cm³/mol. The Morgan fingerprint density at radius 3 is 2.85 bits per heavy atom. The van der Waals surface area contributed by atoms with Gasteiger partial charge in [0, 0.05) is 24.5 Å². The highest BCUT2D eigenvalue weighted by molar-refractivity contribution is 6.69. The second-order valence-electron chi connectivity index (χ2n) is 4.71. The third-order valence-electron chi connectivity index (χ3n) is 3.20. The van der Waals surface area contributed by atoms with Gasteiger partial charge in [0.1, 0.15) is 6.61 Å². The monoisotopic (exact) mass is 317 g/mol. The number of piperidine rings is 1. The van der Waals surface area contributed by atoms with Crippen LogP contribution in [0.3, 0.4) is 0 Å². The van der Waals surface area contributed by atoms with Gasteiger partial charge >= 0.3 is 0 Å². The molecular weight excluding hydrogens is 297 g/mol. The molecular formula is C14H21Cl2N3O. The quantitative estimate of drug-likeness (QED) is 0.459. The highest BCUT2D eigenvalue weighted by Crippen LogP contribution is 2.09.